The third-order valence-electron chi connectivity index (χ3n) is 3.30. The van der Waals surface area contributed by atoms with Crippen LogP contribution in [0.2, 0.25) is 0 Å². The molecule has 0 radical (unpaired) electrons. The lowest BCUT2D eigenvalue weighted by Gasteiger charge is -1.99. The average Bonchev–Trinajstić information content (AvgIpc) is 2.82. The van der Waals surface area contributed by atoms with Crippen molar-refractivity contribution < 1.29 is 4.79 Å². The minimum Gasteiger partial charge on any atom is -0.272 e. The van der Waals surface area contributed by atoms with E-state index in [-0.39, 0.29) is 5.91 Å². The molecule has 0 aliphatic heterocycles. The molecule has 1 saturated carbocycles. The zero-order valence-corrected chi connectivity index (χ0v) is 9.13. The standard InChI is InChI=1S/C12H13N3O/c1-8-6-9(8)7-12(16)15-11-5-3-2-4-10(11)13-14-15/h2-5,8-9H,6-7H2,1H3/t8-,9?/m1/s1. The second-order valence-corrected chi connectivity index (χ2v) is 4.56. The molecule has 1 aromatic carbocycles. The van der Waals surface area contributed by atoms with E-state index in [0.29, 0.717) is 18.3 Å². The number of aromatic nitrogens is 3. The van der Waals surface area contributed by atoms with Gasteiger partial charge in [0.25, 0.3) is 0 Å². The zero-order chi connectivity index (χ0) is 11.1. The second kappa shape index (κ2) is 3.40. The van der Waals surface area contributed by atoms with E-state index in [1.807, 2.05) is 24.3 Å². The van der Waals surface area contributed by atoms with Crippen LogP contribution in [0.1, 0.15) is 24.6 Å². The van der Waals surface area contributed by atoms with Gasteiger partial charge in [0, 0.05) is 6.42 Å². The molecule has 1 aromatic heterocycles. The number of para-hydroxylation sites is 1. The van der Waals surface area contributed by atoms with Crippen LogP contribution < -0.4 is 0 Å². The maximum absolute atomic E-state index is 12.0. The molecule has 2 atom stereocenters. The van der Waals surface area contributed by atoms with Crippen LogP contribution in [-0.2, 0) is 0 Å². The van der Waals surface area contributed by atoms with Crippen molar-refractivity contribution in [2.24, 2.45) is 11.8 Å². The molecule has 1 unspecified atom stereocenters. The highest BCUT2D eigenvalue weighted by atomic mass is 16.2. The van der Waals surface area contributed by atoms with Crippen molar-refractivity contribution in [3.63, 3.8) is 0 Å². The van der Waals surface area contributed by atoms with Crippen LogP contribution in [0.25, 0.3) is 11.0 Å². The van der Waals surface area contributed by atoms with Crippen molar-refractivity contribution in [3.05, 3.63) is 24.3 Å². The van der Waals surface area contributed by atoms with E-state index in [4.69, 9.17) is 0 Å². The number of benzene rings is 1. The summed E-state index contributed by atoms with van der Waals surface area (Å²) < 4.78 is 1.43. The quantitative estimate of drug-likeness (QED) is 0.770. The first kappa shape index (κ1) is 9.51. The van der Waals surface area contributed by atoms with E-state index in [1.165, 1.54) is 11.1 Å². The van der Waals surface area contributed by atoms with E-state index in [2.05, 4.69) is 17.2 Å². The van der Waals surface area contributed by atoms with Crippen molar-refractivity contribution in [3.8, 4) is 0 Å². The number of carbonyl (C=O) groups excluding carboxylic acids is 1. The maximum Gasteiger partial charge on any atom is 0.249 e. The number of carbonyl (C=O) groups is 1. The number of hydrogen-bond donors (Lipinski definition) is 0. The predicted molar refractivity (Wildman–Crippen MR) is 60.0 cm³/mol. The van der Waals surface area contributed by atoms with Gasteiger partial charge in [0.2, 0.25) is 5.91 Å². The smallest absolute Gasteiger partial charge is 0.249 e. The lowest BCUT2D eigenvalue weighted by Crippen LogP contribution is -2.13. The summed E-state index contributed by atoms with van der Waals surface area (Å²) >= 11 is 0. The van der Waals surface area contributed by atoms with Gasteiger partial charge in [0.15, 0.2) is 0 Å². The summed E-state index contributed by atoms with van der Waals surface area (Å²) in [6.07, 6.45) is 1.76. The Hall–Kier alpha value is -1.71. The fourth-order valence-electron chi connectivity index (χ4n) is 2.05. The van der Waals surface area contributed by atoms with Gasteiger partial charge >= 0.3 is 0 Å². The fourth-order valence-corrected chi connectivity index (χ4v) is 2.05. The van der Waals surface area contributed by atoms with Crippen molar-refractivity contribution in [2.75, 3.05) is 0 Å². The minimum absolute atomic E-state index is 0.0584. The molecule has 16 heavy (non-hydrogen) atoms. The normalized spacial score (nSPS) is 23.6. The van der Waals surface area contributed by atoms with Crippen LogP contribution >= 0.6 is 0 Å². The number of rotatable bonds is 2. The summed E-state index contributed by atoms with van der Waals surface area (Å²) in [5.74, 6) is 1.30. The molecule has 1 aliphatic carbocycles. The molecule has 3 rings (SSSR count). The molecular weight excluding hydrogens is 202 g/mol. The third-order valence-corrected chi connectivity index (χ3v) is 3.30. The first-order chi connectivity index (χ1) is 7.75. The van der Waals surface area contributed by atoms with Crippen molar-refractivity contribution in [1.29, 1.82) is 0 Å². The molecule has 0 saturated heterocycles. The van der Waals surface area contributed by atoms with Gasteiger partial charge in [0.1, 0.15) is 5.52 Å². The highest BCUT2D eigenvalue weighted by Crippen LogP contribution is 2.40. The lowest BCUT2D eigenvalue weighted by atomic mass is 10.2. The van der Waals surface area contributed by atoms with Crippen LogP contribution in [0, 0.1) is 11.8 Å². The van der Waals surface area contributed by atoms with Crippen LogP contribution in [0.3, 0.4) is 0 Å². The van der Waals surface area contributed by atoms with Gasteiger partial charge in [0.05, 0.1) is 5.52 Å². The van der Waals surface area contributed by atoms with Crippen LogP contribution in [0.5, 0.6) is 0 Å². The first-order valence-corrected chi connectivity index (χ1v) is 5.59. The molecular formula is C12H13N3O. The van der Waals surface area contributed by atoms with Crippen LogP contribution in [0.15, 0.2) is 24.3 Å². The Kier molecular flexibility index (Phi) is 2.02. The molecule has 4 nitrogen and oxygen atoms in total. The molecule has 0 spiro atoms. The summed E-state index contributed by atoms with van der Waals surface area (Å²) in [6.45, 7) is 2.18. The lowest BCUT2D eigenvalue weighted by molar-refractivity contribution is 0.0881. The van der Waals surface area contributed by atoms with Crippen molar-refractivity contribution >= 4 is 16.9 Å². The monoisotopic (exact) mass is 215 g/mol. The molecule has 0 N–H and O–H groups in total. The minimum atomic E-state index is 0.0584. The Morgan fingerprint density at radius 2 is 2.25 bits per heavy atom. The molecule has 1 fully saturated rings. The number of hydrogen-bond acceptors (Lipinski definition) is 3. The predicted octanol–water partition coefficient (Wildman–Crippen LogP) is 2.12. The Balaban J connectivity index is 1.90. The van der Waals surface area contributed by atoms with Crippen molar-refractivity contribution in [1.82, 2.24) is 15.0 Å². The van der Waals surface area contributed by atoms with Gasteiger partial charge in [-0.2, -0.15) is 4.68 Å². The zero-order valence-electron chi connectivity index (χ0n) is 9.13. The number of nitrogens with zero attached hydrogens (tertiary/aromatic N) is 3. The van der Waals surface area contributed by atoms with Crippen LogP contribution in [-0.4, -0.2) is 20.9 Å². The SMILES string of the molecule is C[C@@H]1CC1CC(=O)n1nnc2ccccc21. The second-order valence-electron chi connectivity index (χ2n) is 4.56. The molecule has 82 valence electrons. The van der Waals surface area contributed by atoms with E-state index < -0.39 is 0 Å². The van der Waals surface area contributed by atoms with Gasteiger partial charge in [-0.05, 0) is 30.4 Å². The summed E-state index contributed by atoms with van der Waals surface area (Å²) in [5.41, 5.74) is 1.58. The summed E-state index contributed by atoms with van der Waals surface area (Å²) in [6, 6.07) is 7.54. The van der Waals surface area contributed by atoms with Crippen molar-refractivity contribution in [2.45, 2.75) is 19.8 Å². The summed E-state index contributed by atoms with van der Waals surface area (Å²) in [4.78, 5) is 12.0. The Labute approximate surface area is 93.3 Å². The Morgan fingerprint density at radius 1 is 1.50 bits per heavy atom. The Bertz CT molecular complexity index is 546. The van der Waals surface area contributed by atoms with Gasteiger partial charge < -0.3 is 0 Å². The Morgan fingerprint density at radius 3 is 3.00 bits per heavy atom. The third kappa shape index (κ3) is 1.50. The van der Waals surface area contributed by atoms with Crippen LogP contribution in [0.4, 0.5) is 0 Å². The van der Waals surface area contributed by atoms with Gasteiger partial charge in [-0.15, -0.1) is 5.10 Å². The fraction of sp³-hybridized carbons (Fsp3) is 0.417. The summed E-state index contributed by atoms with van der Waals surface area (Å²) in [7, 11) is 0. The van der Waals surface area contributed by atoms with E-state index in [1.54, 1.807) is 0 Å². The first-order valence-electron chi connectivity index (χ1n) is 5.59. The molecule has 1 heterocycles. The van der Waals surface area contributed by atoms with Gasteiger partial charge in [-0.25, -0.2) is 0 Å². The largest absolute Gasteiger partial charge is 0.272 e. The number of fused-ring (bicyclic) bond motifs is 1. The molecule has 0 amide bonds. The van der Waals surface area contributed by atoms with E-state index >= 15 is 0 Å². The molecule has 2 aromatic rings. The maximum atomic E-state index is 12.0. The molecule has 4 heteroatoms. The molecule has 1 aliphatic rings. The topological polar surface area (TPSA) is 47.8 Å². The van der Waals surface area contributed by atoms with Gasteiger partial charge in [-0.1, -0.05) is 24.3 Å². The van der Waals surface area contributed by atoms with Gasteiger partial charge in [-0.3, -0.25) is 4.79 Å². The summed E-state index contributed by atoms with van der Waals surface area (Å²) in [5, 5.41) is 7.90. The molecule has 0 bridgehead atoms. The average molecular weight is 215 g/mol. The van der Waals surface area contributed by atoms with E-state index in [9.17, 15) is 4.79 Å². The van der Waals surface area contributed by atoms with E-state index in [0.717, 1.165) is 11.0 Å². The highest BCUT2D eigenvalue weighted by Gasteiger charge is 2.34. The highest BCUT2D eigenvalue weighted by molar-refractivity contribution is 5.88.